The Morgan fingerprint density at radius 3 is 2.33 bits per heavy atom. The molecule has 0 fully saturated rings. The van der Waals surface area contributed by atoms with E-state index in [4.69, 9.17) is 0 Å². The van der Waals surface area contributed by atoms with Crippen LogP contribution in [-0.2, 0) is 12.7 Å². The van der Waals surface area contributed by atoms with Crippen LogP contribution in [0.1, 0.15) is 34.3 Å². The van der Waals surface area contributed by atoms with Crippen LogP contribution in [0.2, 0.25) is 0 Å². The highest BCUT2D eigenvalue weighted by molar-refractivity contribution is 5.98. The highest BCUT2D eigenvalue weighted by Crippen LogP contribution is 2.33. The predicted molar refractivity (Wildman–Crippen MR) is 61.5 cm³/mol. The first kappa shape index (κ1) is 15.7. The lowest BCUT2D eigenvalue weighted by Crippen LogP contribution is -2.26. The second kappa shape index (κ2) is 5.23. The highest BCUT2D eigenvalue weighted by Gasteiger charge is 2.35. The summed E-state index contributed by atoms with van der Waals surface area (Å²) in [5.74, 6) is -0.527. The van der Waals surface area contributed by atoms with Gasteiger partial charge in [-0.25, -0.2) is 0 Å². The Hall–Kier alpha value is -1.73. The van der Waals surface area contributed by atoms with E-state index in [-0.39, 0.29) is 30.6 Å². The Morgan fingerprint density at radius 2 is 1.76 bits per heavy atom. The van der Waals surface area contributed by atoms with Gasteiger partial charge in [-0.1, -0.05) is 0 Å². The molecular formula is C13H11F6NO. The van der Waals surface area contributed by atoms with Gasteiger partial charge in [0.2, 0.25) is 0 Å². The van der Waals surface area contributed by atoms with E-state index in [9.17, 15) is 31.1 Å². The molecule has 0 saturated carbocycles. The van der Waals surface area contributed by atoms with Crippen molar-refractivity contribution in [1.29, 1.82) is 0 Å². The monoisotopic (exact) mass is 311 g/mol. The van der Waals surface area contributed by atoms with Crippen molar-refractivity contribution in [3.05, 3.63) is 34.9 Å². The van der Waals surface area contributed by atoms with Gasteiger partial charge >= 0.3 is 12.4 Å². The first-order valence-corrected chi connectivity index (χ1v) is 6.14. The van der Waals surface area contributed by atoms with Crippen LogP contribution in [-0.4, -0.2) is 23.5 Å². The van der Waals surface area contributed by atoms with Gasteiger partial charge in [-0.15, -0.1) is 0 Å². The predicted octanol–water partition coefficient (Wildman–Crippen LogP) is 4.00. The third-order valence-corrected chi connectivity index (χ3v) is 3.20. The quantitative estimate of drug-likeness (QED) is 0.773. The Bertz CT molecular complexity index is 549. The van der Waals surface area contributed by atoms with Gasteiger partial charge < -0.3 is 4.90 Å². The second-order valence-electron chi connectivity index (χ2n) is 4.82. The Kier molecular flexibility index (Phi) is 3.90. The second-order valence-corrected chi connectivity index (χ2v) is 4.82. The average Bonchev–Trinajstić information content (AvgIpc) is 2.63. The van der Waals surface area contributed by atoms with Crippen molar-refractivity contribution in [3.63, 3.8) is 0 Å². The summed E-state index contributed by atoms with van der Waals surface area (Å²) in [4.78, 5) is 13.0. The van der Waals surface area contributed by atoms with Gasteiger partial charge in [-0.2, -0.15) is 26.3 Å². The lowest BCUT2D eigenvalue weighted by Gasteiger charge is -2.15. The standard InChI is InChI=1S/C13H11F6NO/c14-12(15,16)4-1-5-20-7-8-6-9(13(17,18)19)2-3-10(8)11(20)21/h2-3,6H,1,4-5,7H2. The van der Waals surface area contributed by atoms with Crippen LogP contribution >= 0.6 is 0 Å². The van der Waals surface area contributed by atoms with E-state index in [1.807, 2.05) is 0 Å². The summed E-state index contributed by atoms with van der Waals surface area (Å²) < 4.78 is 73.8. The van der Waals surface area contributed by atoms with Crippen molar-refractivity contribution >= 4 is 5.91 Å². The summed E-state index contributed by atoms with van der Waals surface area (Å²) in [7, 11) is 0. The van der Waals surface area contributed by atoms with Gasteiger partial charge in [0.05, 0.1) is 5.56 Å². The number of alkyl halides is 6. The molecular weight excluding hydrogens is 300 g/mol. The minimum atomic E-state index is -4.51. The molecule has 2 nitrogen and oxygen atoms in total. The van der Waals surface area contributed by atoms with Crippen molar-refractivity contribution in [2.24, 2.45) is 0 Å². The van der Waals surface area contributed by atoms with Crippen LogP contribution < -0.4 is 0 Å². The maximum atomic E-state index is 12.6. The molecule has 1 aromatic rings. The molecule has 0 bridgehead atoms. The van der Waals surface area contributed by atoms with Gasteiger partial charge in [-0.05, 0) is 30.2 Å². The van der Waals surface area contributed by atoms with E-state index in [0.29, 0.717) is 0 Å². The number of benzene rings is 1. The molecule has 1 aliphatic heterocycles. The molecule has 21 heavy (non-hydrogen) atoms. The highest BCUT2D eigenvalue weighted by atomic mass is 19.4. The lowest BCUT2D eigenvalue weighted by molar-refractivity contribution is -0.138. The van der Waals surface area contributed by atoms with E-state index in [0.717, 1.165) is 23.1 Å². The van der Waals surface area contributed by atoms with E-state index in [1.165, 1.54) is 0 Å². The molecule has 1 amide bonds. The van der Waals surface area contributed by atoms with Crippen LogP contribution in [0.15, 0.2) is 18.2 Å². The molecule has 0 spiro atoms. The van der Waals surface area contributed by atoms with Gasteiger partial charge in [0.1, 0.15) is 0 Å². The minimum absolute atomic E-state index is 0.0874. The van der Waals surface area contributed by atoms with E-state index in [2.05, 4.69) is 0 Å². The minimum Gasteiger partial charge on any atom is -0.334 e. The molecule has 1 aromatic carbocycles. The van der Waals surface area contributed by atoms with E-state index >= 15 is 0 Å². The fourth-order valence-electron chi connectivity index (χ4n) is 2.21. The van der Waals surface area contributed by atoms with Crippen molar-refractivity contribution in [2.45, 2.75) is 31.7 Å². The first-order chi connectivity index (χ1) is 9.58. The smallest absolute Gasteiger partial charge is 0.334 e. The molecule has 1 aliphatic rings. The maximum absolute atomic E-state index is 12.6. The zero-order valence-electron chi connectivity index (χ0n) is 10.7. The number of carbonyl (C=O) groups excluding carboxylic acids is 1. The normalized spacial score (nSPS) is 15.5. The van der Waals surface area contributed by atoms with E-state index < -0.39 is 30.2 Å². The summed E-state index contributed by atoms with van der Waals surface area (Å²) >= 11 is 0. The van der Waals surface area contributed by atoms with Crippen LogP contribution in [0.4, 0.5) is 26.3 Å². The molecule has 0 N–H and O–H groups in total. The number of hydrogen-bond donors (Lipinski definition) is 0. The molecule has 0 atom stereocenters. The summed E-state index contributed by atoms with van der Waals surface area (Å²) in [6.07, 6.45) is -10.1. The van der Waals surface area contributed by atoms with Gasteiger partial charge in [0.25, 0.3) is 5.91 Å². The zero-order chi connectivity index (χ0) is 15.8. The number of amides is 1. The van der Waals surface area contributed by atoms with Crippen LogP contribution in [0.3, 0.4) is 0 Å². The molecule has 0 aliphatic carbocycles. The number of fused-ring (bicyclic) bond motifs is 1. The van der Waals surface area contributed by atoms with Crippen molar-refractivity contribution in [1.82, 2.24) is 4.90 Å². The fourth-order valence-corrected chi connectivity index (χ4v) is 2.21. The Balaban J connectivity index is 2.06. The van der Waals surface area contributed by atoms with Gasteiger partial charge in [-0.3, -0.25) is 4.79 Å². The molecule has 0 aromatic heterocycles. The van der Waals surface area contributed by atoms with Crippen LogP contribution in [0.25, 0.3) is 0 Å². The SMILES string of the molecule is O=C1c2ccc(C(F)(F)F)cc2CN1CCCC(F)(F)F. The zero-order valence-corrected chi connectivity index (χ0v) is 10.7. The third kappa shape index (κ3) is 3.68. The summed E-state index contributed by atoms with van der Waals surface area (Å²) in [6, 6.07) is 2.75. The average molecular weight is 311 g/mol. The molecule has 1 heterocycles. The maximum Gasteiger partial charge on any atom is 0.416 e. The number of rotatable bonds is 3. The Labute approximate surface area is 116 Å². The molecule has 0 unspecified atom stereocenters. The topological polar surface area (TPSA) is 20.3 Å². The summed E-state index contributed by atoms with van der Waals surface area (Å²) in [5.41, 5.74) is -0.553. The van der Waals surface area contributed by atoms with Crippen molar-refractivity contribution in [2.75, 3.05) is 6.54 Å². The van der Waals surface area contributed by atoms with Gasteiger partial charge in [0, 0.05) is 25.1 Å². The summed E-state index contributed by atoms with van der Waals surface area (Å²) in [6.45, 7) is -0.218. The van der Waals surface area contributed by atoms with E-state index in [1.54, 1.807) is 0 Å². The van der Waals surface area contributed by atoms with Crippen molar-refractivity contribution in [3.8, 4) is 0 Å². The number of nitrogens with zero attached hydrogens (tertiary/aromatic N) is 1. The van der Waals surface area contributed by atoms with Crippen molar-refractivity contribution < 1.29 is 31.1 Å². The number of carbonyl (C=O) groups is 1. The molecule has 8 heteroatoms. The molecule has 0 radical (unpaired) electrons. The number of hydrogen-bond acceptors (Lipinski definition) is 1. The molecule has 0 saturated heterocycles. The number of halogens is 6. The molecule has 2 rings (SSSR count). The fraction of sp³-hybridized carbons (Fsp3) is 0.462. The lowest BCUT2D eigenvalue weighted by atomic mass is 10.1. The molecule has 116 valence electrons. The van der Waals surface area contributed by atoms with Crippen LogP contribution in [0, 0.1) is 0 Å². The Morgan fingerprint density at radius 1 is 1.10 bits per heavy atom. The van der Waals surface area contributed by atoms with Gasteiger partial charge in [0.15, 0.2) is 0 Å². The van der Waals surface area contributed by atoms with Crippen LogP contribution in [0.5, 0.6) is 0 Å². The third-order valence-electron chi connectivity index (χ3n) is 3.20. The first-order valence-electron chi connectivity index (χ1n) is 6.14. The largest absolute Gasteiger partial charge is 0.416 e. The summed E-state index contributed by atoms with van der Waals surface area (Å²) in [5, 5.41) is 0.